The number of furan rings is 1. The Morgan fingerprint density at radius 3 is 1.71 bits per heavy atom. The summed E-state index contributed by atoms with van der Waals surface area (Å²) in [5, 5.41) is 11.6. The Morgan fingerprint density at radius 2 is 0.922 bits per heavy atom. The molecule has 0 amide bonds. The SMILES string of the molecule is c1ccc(-c2nc(-c3cccc4oc5ccc(-c6ccc(-c7ccc8c(c7)sc7ccccc78)c7sc8ccccc8c67)cc5c34)nc(-n3c4ccccc4c4ccc5c6ccccc6n(-c6ccccc6)c5c43)n2)cc1. The summed E-state index contributed by atoms with van der Waals surface area (Å²) in [7, 11) is 0. The molecular formula is C69H39N5OS2. The van der Waals surface area contributed by atoms with Crippen molar-refractivity contribution < 1.29 is 4.42 Å². The maximum Gasteiger partial charge on any atom is 0.238 e. The molecule has 0 aliphatic rings. The Balaban J connectivity index is 0.898. The molecule has 8 heteroatoms. The van der Waals surface area contributed by atoms with Gasteiger partial charge in [-0.25, -0.2) is 4.98 Å². The molecule has 17 aromatic rings. The fourth-order valence-electron chi connectivity index (χ4n) is 12.2. The van der Waals surface area contributed by atoms with Crippen molar-refractivity contribution >= 4 is 129 Å². The average molecular weight is 1020 g/mol. The highest BCUT2D eigenvalue weighted by Crippen LogP contribution is 2.48. The summed E-state index contributed by atoms with van der Waals surface area (Å²) in [5.74, 6) is 1.66. The minimum absolute atomic E-state index is 0.529. The van der Waals surface area contributed by atoms with Crippen LogP contribution in [0.5, 0.6) is 0 Å². The third kappa shape index (κ3) is 6.31. The zero-order valence-electron chi connectivity index (χ0n) is 41.0. The highest BCUT2D eigenvalue weighted by molar-refractivity contribution is 7.26. The molecule has 0 spiro atoms. The van der Waals surface area contributed by atoms with Crippen molar-refractivity contribution in [2.75, 3.05) is 0 Å². The molecule has 0 saturated carbocycles. The van der Waals surface area contributed by atoms with Gasteiger partial charge < -0.3 is 8.98 Å². The van der Waals surface area contributed by atoms with E-state index in [1.54, 1.807) is 0 Å². The summed E-state index contributed by atoms with van der Waals surface area (Å²) in [6, 6.07) is 84.8. The molecule has 6 aromatic heterocycles. The van der Waals surface area contributed by atoms with Gasteiger partial charge in [-0.15, -0.1) is 22.7 Å². The number of hydrogen-bond acceptors (Lipinski definition) is 6. The third-order valence-corrected chi connectivity index (χ3v) is 17.9. The van der Waals surface area contributed by atoms with Gasteiger partial charge in [-0.1, -0.05) is 176 Å². The lowest BCUT2D eigenvalue weighted by Gasteiger charge is -2.13. The lowest BCUT2D eigenvalue weighted by molar-refractivity contribution is 0.669. The molecule has 0 atom stereocenters. The standard InChI is InChI=1S/C69H39N5OS2/c1-3-16-40(17-4-1)67-70-68(72-69(71-67)74-56-26-12-8-21-47(56)51-36-35-50-46-20-7-11-25-55(46)73(64(50)65(51)74)43-18-5-2-6-19-43)53-24-15-27-58-62(53)54-38-41(31-37-57(54)75-58)44-33-34-45(66-63(44)52-23-10-14-29-60(52)77-66)42-30-32-49-48-22-9-13-28-59(48)76-61(49)39-42/h1-39H. The summed E-state index contributed by atoms with van der Waals surface area (Å²) in [6.45, 7) is 0. The van der Waals surface area contributed by atoms with Crippen molar-refractivity contribution in [2.45, 2.75) is 0 Å². The molecule has 0 bridgehead atoms. The van der Waals surface area contributed by atoms with Crippen LogP contribution in [0.2, 0.25) is 0 Å². The van der Waals surface area contributed by atoms with E-state index in [1.807, 2.05) is 46.9 Å². The van der Waals surface area contributed by atoms with Crippen molar-refractivity contribution in [1.29, 1.82) is 0 Å². The maximum atomic E-state index is 6.77. The number of hydrogen-bond donors (Lipinski definition) is 0. The van der Waals surface area contributed by atoms with E-state index in [0.717, 1.165) is 82.5 Å². The Morgan fingerprint density at radius 1 is 0.325 bits per heavy atom. The number of para-hydroxylation sites is 3. The molecular weight excluding hydrogens is 979 g/mol. The van der Waals surface area contributed by atoms with E-state index in [4.69, 9.17) is 19.4 Å². The van der Waals surface area contributed by atoms with Gasteiger partial charge in [0.05, 0.1) is 22.1 Å². The highest BCUT2D eigenvalue weighted by Gasteiger charge is 2.25. The zero-order chi connectivity index (χ0) is 50.3. The van der Waals surface area contributed by atoms with Crippen LogP contribution in [0.3, 0.4) is 0 Å². The fraction of sp³-hybridized carbons (Fsp3) is 0. The summed E-state index contributed by atoms with van der Waals surface area (Å²) in [5.41, 5.74) is 13.4. The fourth-order valence-corrected chi connectivity index (χ4v) is 14.6. The van der Waals surface area contributed by atoms with E-state index < -0.39 is 0 Å². The minimum Gasteiger partial charge on any atom is -0.456 e. The number of nitrogens with zero attached hydrogens (tertiary/aromatic N) is 5. The van der Waals surface area contributed by atoms with Gasteiger partial charge in [-0.05, 0) is 82.9 Å². The number of benzene rings is 11. The van der Waals surface area contributed by atoms with E-state index in [1.165, 1.54) is 62.4 Å². The Kier molecular flexibility index (Phi) is 9.07. The highest BCUT2D eigenvalue weighted by atomic mass is 32.1. The van der Waals surface area contributed by atoms with E-state index >= 15 is 0 Å². The van der Waals surface area contributed by atoms with Crippen LogP contribution in [0, 0.1) is 0 Å². The van der Waals surface area contributed by atoms with Crippen LogP contribution in [0.1, 0.15) is 0 Å². The first-order valence-corrected chi connectivity index (χ1v) is 27.5. The molecule has 0 saturated heterocycles. The van der Waals surface area contributed by atoms with Gasteiger partial charge in [0, 0.05) is 89.5 Å². The summed E-state index contributed by atoms with van der Waals surface area (Å²) < 4.78 is 16.6. The first-order valence-electron chi connectivity index (χ1n) is 25.8. The number of rotatable bonds is 6. The third-order valence-electron chi connectivity index (χ3n) is 15.6. The quantitative estimate of drug-likeness (QED) is 0.166. The number of thiophene rings is 2. The van der Waals surface area contributed by atoms with Crippen LogP contribution in [0.25, 0.3) is 163 Å². The first-order chi connectivity index (χ1) is 38.2. The van der Waals surface area contributed by atoms with E-state index in [2.05, 4.69) is 221 Å². The predicted octanol–water partition coefficient (Wildman–Crippen LogP) is 19.4. The van der Waals surface area contributed by atoms with Gasteiger partial charge in [0.1, 0.15) is 11.2 Å². The van der Waals surface area contributed by atoms with E-state index in [0.29, 0.717) is 17.6 Å². The second kappa shape index (κ2) is 16.4. The molecule has 0 fully saturated rings. The van der Waals surface area contributed by atoms with Crippen LogP contribution in [-0.4, -0.2) is 24.1 Å². The molecule has 0 N–H and O–H groups in total. The predicted molar refractivity (Wildman–Crippen MR) is 323 cm³/mol. The molecule has 0 aliphatic heterocycles. The monoisotopic (exact) mass is 1020 g/mol. The van der Waals surface area contributed by atoms with Crippen LogP contribution in [0.4, 0.5) is 0 Å². The molecule has 358 valence electrons. The topological polar surface area (TPSA) is 61.7 Å². The maximum absolute atomic E-state index is 6.77. The van der Waals surface area contributed by atoms with Gasteiger partial charge in [0.15, 0.2) is 11.6 Å². The molecule has 17 rings (SSSR count). The number of fused-ring (bicyclic) bond motifs is 16. The van der Waals surface area contributed by atoms with Crippen molar-refractivity contribution in [2.24, 2.45) is 0 Å². The van der Waals surface area contributed by atoms with Gasteiger partial charge in [-0.2, -0.15) is 9.97 Å². The molecule has 0 unspecified atom stereocenters. The van der Waals surface area contributed by atoms with Crippen LogP contribution < -0.4 is 0 Å². The van der Waals surface area contributed by atoms with Crippen LogP contribution in [-0.2, 0) is 0 Å². The average Bonchev–Trinajstić information content (AvgIpc) is 4.51. The zero-order valence-corrected chi connectivity index (χ0v) is 42.6. The summed E-state index contributed by atoms with van der Waals surface area (Å²) >= 11 is 3.73. The Bertz CT molecular complexity index is 5290. The molecule has 6 heterocycles. The van der Waals surface area contributed by atoms with Crippen molar-refractivity contribution in [3.8, 4) is 56.7 Å². The Labute approximate surface area is 447 Å². The Hall–Kier alpha value is -9.73. The molecule has 77 heavy (non-hydrogen) atoms. The largest absolute Gasteiger partial charge is 0.456 e. The first kappa shape index (κ1) is 42.6. The van der Waals surface area contributed by atoms with Gasteiger partial charge in [0.2, 0.25) is 5.95 Å². The lowest BCUT2D eigenvalue weighted by Crippen LogP contribution is -2.07. The van der Waals surface area contributed by atoms with Gasteiger partial charge >= 0.3 is 0 Å². The molecule has 0 aliphatic carbocycles. The van der Waals surface area contributed by atoms with Crippen molar-refractivity contribution in [3.05, 3.63) is 237 Å². The second-order valence-corrected chi connectivity index (χ2v) is 21.9. The van der Waals surface area contributed by atoms with E-state index in [9.17, 15) is 0 Å². The van der Waals surface area contributed by atoms with Gasteiger partial charge in [-0.3, -0.25) is 4.57 Å². The smallest absolute Gasteiger partial charge is 0.238 e. The van der Waals surface area contributed by atoms with E-state index in [-0.39, 0.29) is 0 Å². The molecule has 0 radical (unpaired) electrons. The van der Waals surface area contributed by atoms with Crippen molar-refractivity contribution in [3.63, 3.8) is 0 Å². The van der Waals surface area contributed by atoms with Crippen LogP contribution >= 0.6 is 22.7 Å². The minimum atomic E-state index is 0.529. The normalized spacial score (nSPS) is 12.2. The molecule has 11 aromatic carbocycles. The second-order valence-electron chi connectivity index (χ2n) is 19.8. The van der Waals surface area contributed by atoms with Crippen molar-refractivity contribution in [1.82, 2.24) is 24.1 Å². The van der Waals surface area contributed by atoms with Gasteiger partial charge in [0.25, 0.3) is 0 Å². The summed E-state index contributed by atoms with van der Waals surface area (Å²) in [4.78, 5) is 16.4. The van der Waals surface area contributed by atoms with Crippen LogP contribution in [0.15, 0.2) is 241 Å². The molecule has 6 nitrogen and oxygen atoms in total. The summed E-state index contributed by atoms with van der Waals surface area (Å²) in [6.07, 6.45) is 0. The number of aromatic nitrogens is 5. The lowest BCUT2D eigenvalue weighted by atomic mass is 9.93.